The quantitative estimate of drug-likeness (QED) is 0.515. The zero-order valence-corrected chi connectivity index (χ0v) is 18.9. The third kappa shape index (κ3) is 5.17. The molecule has 0 spiro atoms. The lowest BCUT2D eigenvalue weighted by Crippen LogP contribution is -2.43. The number of anilines is 1. The van der Waals surface area contributed by atoms with E-state index in [2.05, 4.69) is 15.7 Å². The minimum Gasteiger partial charge on any atom is -0.333 e. The number of aryl methyl sites for hydroxylation is 1. The van der Waals surface area contributed by atoms with E-state index in [9.17, 15) is 22.4 Å². The number of alkyl halides is 3. The van der Waals surface area contributed by atoms with Crippen molar-refractivity contribution in [3.8, 4) is 5.69 Å². The Hall–Kier alpha value is -3.40. The van der Waals surface area contributed by atoms with Gasteiger partial charge in [0.2, 0.25) is 0 Å². The van der Waals surface area contributed by atoms with E-state index in [1.165, 1.54) is 23.1 Å². The van der Waals surface area contributed by atoms with Gasteiger partial charge in [-0.15, -0.1) is 0 Å². The first-order valence-corrected chi connectivity index (χ1v) is 11.5. The Balaban J connectivity index is 1.37. The van der Waals surface area contributed by atoms with Gasteiger partial charge in [-0.3, -0.25) is 10.2 Å². The SMILES string of the molecule is O=C(Nc1c2c(nn1-c1ccccc1)CCC2)NC1CN(CC(F)(F)F)CC1c1cccc(F)c1. The van der Waals surface area contributed by atoms with Crippen LogP contribution in [-0.4, -0.2) is 52.6 Å². The maximum Gasteiger partial charge on any atom is 0.401 e. The third-order valence-corrected chi connectivity index (χ3v) is 6.53. The van der Waals surface area contributed by atoms with Gasteiger partial charge in [0.1, 0.15) is 11.6 Å². The molecular formula is C25H25F4N5O. The average Bonchev–Trinajstić information content (AvgIpc) is 3.49. The lowest BCUT2D eigenvalue weighted by Gasteiger charge is -2.21. The van der Waals surface area contributed by atoms with Crippen molar-refractivity contribution in [3.63, 3.8) is 0 Å². The molecule has 0 saturated carbocycles. The predicted molar refractivity (Wildman–Crippen MR) is 123 cm³/mol. The Bertz CT molecular complexity index is 1210. The number of likely N-dealkylation sites (tertiary alicyclic amines) is 1. The van der Waals surface area contributed by atoms with Gasteiger partial charge in [-0.1, -0.05) is 30.3 Å². The number of carbonyl (C=O) groups excluding carboxylic acids is 1. The van der Waals surface area contributed by atoms with Gasteiger partial charge in [-0.2, -0.15) is 18.3 Å². The van der Waals surface area contributed by atoms with Crippen LogP contribution in [0.5, 0.6) is 0 Å². The van der Waals surface area contributed by atoms with Gasteiger partial charge in [0, 0.05) is 24.6 Å². The molecular weight excluding hydrogens is 462 g/mol. The molecule has 1 saturated heterocycles. The van der Waals surface area contributed by atoms with E-state index < -0.39 is 36.5 Å². The Morgan fingerprint density at radius 2 is 1.86 bits per heavy atom. The standard InChI is InChI=1S/C25H25F4N5O/c26-17-7-4-6-16(12-17)20-13-33(15-25(27,28)29)14-22(20)30-24(35)31-23-19-10-5-11-21(19)32-34(23)18-8-2-1-3-9-18/h1-4,6-9,12,20,22H,5,10-11,13-15H2,(H2,30,31,35). The van der Waals surface area contributed by atoms with E-state index in [1.807, 2.05) is 30.3 Å². The van der Waals surface area contributed by atoms with E-state index >= 15 is 0 Å². The number of hydrogen-bond donors (Lipinski definition) is 2. The van der Waals surface area contributed by atoms with Crippen LogP contribution in [0.3, 0.4) is 0 Å². The Morgan fingerprint density at radius 3 is 2.60 bits per heavy atom. The smallest absolute Gasteiger partial charge is 0.333 e. The first kappa shape index (κ1) is 23.3. The van der Waals surface area contributed by atoms with Gasteiger partial charge < -0.3 is 5.32 Å². The fraction of sp³-hybridized carbons (Fsp3) is 0.360. The van der Waals surface area contributed by atoms with Crippen molar-refractivity contribution in [1.82, 2.24) is 20.0 Å². The minimum absolute atomic E-state index is 0.00413. The number of halogens is 4. The molecule has 2 unspecified atom stereocenters. The monoisotopic (exact) mass is 487 g/mol. The highest BCUT2D eigenvalue weighted by atomic mass is 19.4. The summed E-state index contributed by atoms with van der Waals surface area (Å²) in [5, 5.41) is 10.4. The van der Waals surface area contributed by atoms with Crippen LogP contribution in [0.25, 0.3) is 5.69 Å². The zero-order valence-electron chi connectivity index (χ0n) is 18.9. The second-order valence-electron chi connectivity index (χ2n) is 9.05. The summed E-state index contributed by atoms with van der Waals surface area (Å²) >= 11 is 0. The van der Waals surface area contributed by atoms with Crippen LogP contribution in [0, 0.1) is 5.82 Å². The van der Waals surface area contributed by atoms with Crippen molar-refractivity contribution in [2.45, 2.75) is 37.4 Å². The Labute approximate surface area is 199 Å². The Kier molecular flexibility index (Phi) is 6.22. The van der Waals surface area contributed by atoms with E-state index in [0.29, 0.717) is 11.4 Å². The summed E-state index contributed by atoms with van der Waals surface area (Å²) < 4.78 is 54.7. The second-order valence-corrected chi connectivity index (χ2v) is 9.05. The summed E-state index contributed by atoms with van der Waals surface area (Å²) in [5.74, 6) is -0.389. The number of amides is 2. The molecule has 3 aromatic rings. The summed E-state index contributed by atoms with van der Waals surface area (Å²) in [6, 6.07) is 14.1. The molecule has 6 nitrogen and oxygen atoms in total. The number of hydrogen-bond acceptors (Lipinski definition) is 3. The normalized spacial score (nSPS) is 20.1. The van der Waals surface area contributed by atoms with Gasteiger partial charge in [0.25, 0.3) is 0 Å². The van der Waals surface area contributed by atoms with Crippen LogP contribution in [-0.2, 0) is 12.8 Å². The van der Waals surface area contributed by atoms with Crippen molar-refractivity contribution < 1.29 is 22.4 Å². The van der Waals surface area contributed by atoms with Crippen molar-refractivity contribution in [2.24, 2.45) is 0 Å². The molecule has 35 heavy (non-hydrogen) atoms. The summed E-state index contributed by atoms with van der Waals surface area (Å²) in [4.78, 5) is 14.3. The lowest BCUT2D eigenvalue weighted by molar-refractivity contribution is -0.143. The molecule has 5 rings (SSSR count). The van der Waals surface area contributed by atoms with Gasteiger partial charge in [0.15, 0.2) is 0 Å². The molecule has 1 aliphatic heterocycles. The summed E-state index contributed by atoms with van der Waals surface area (Å²) in [5.41, 5.74) is 3.25. The topological polar surface area (TPSA) is 62.2 Å². The largest absolute Gasteiger partial charge is 0.401 e. The number of carbonyl (C=O) groups is 1. The van der Waals surface area contributed by atoms with Gasteiger partial charge >= 0.3 is 12.2 Å². The first-order valence-electron chi connectivity index (χ1n) is 11.5. The molecule has 0 radical (unpaired) electrons. The fourth-order valence-electron chi connectivity index (χ4n) is 5.08. The van der Waals surface area contributed by atoms with E-state index in [-0.39, 0.29) is 13.1 Å². The molecule has 10 heteroatoms. The molecule has 0 bridgehead atoms. The van der Waals surface area contributed by atoms with Crippen LogP contribution in [0.1, 0.15) is 29.2 Å². The Morgan fingerprint density at radius 1 is 1.06 bits per heavy atom. The van der Waals surface area contributed by atoms with Crippen LogP contribution in [0.15, 0.2) is 54.6 Å². The third-order valence-electron chi connectivity index (χ3n) is 6.53. The summed E-state index contributed by atoms with van der Waals surface area (Å²) in [6.45, 7) is -1.03. The number of para-hydroxylation sites is 1. The maximum absolute atomic E-state index is 13.9. The maximum atomic E-state index is 13.9. The molecule has 2 N–H and O–H groups in total. The van der Waals surface area contributed by atoms with Crippen molar-refractivity contribution >= 4 is 11.8 Å². The molecule has 184 valence electrons. The predicted octanol–water partition coefficient (Wildman–Crippen LogP) is 4.65. The van der Waals surface area contributed by atoms with E-state index in [1.54, 1.807) is 10.7 Å². The summed E-state index contributed by atoms with van der Waals surface area (Å²) in [7, 11) is 0. The number of nitrogens with one attached hydrogen (secondary N) is 2. The highest BCUT2D eigenvalue weighted by Crippen LogP contribution is 2.32. The first-order chi connectivity index (χ1) is 16.8. The fourth-order valence-corrected chi connectivity index (χ4v) is 5.08. The average molecular weight is 488 g/mol. The number of aromatic nitrogens is 2. The van der Waals surface area contributed by atoms with Crippen LogP contribution in [0.2, 0.25) is 0 Å². The highest BCUT2D eigenvalue weighted by molar-refractivity contribution is 5.90. The van der Waals surface area contributed by atoms with E-state index in [4.69, 9.17) is 0 Å². The molecule has 2 heterocycles. The molecule has 1 aromatic heterocycles. The van der Waals surface area contributed by atoms with Crippen LogP contribution in [0.4, 0.5) is 28.2 Å². The number of fused-ring (bicyclic) bond motifs is 1. The summed E-state index contributed by atoms with van der Waals surface area (Å²) in [6.07, 6.45) is -1.82. The van der Waals surface area contributed by atoms with Gasteiger partial charge in [-0.05, 0) is 49.1 Å². The molecule has 2 aromatic carbocycles. The molecule has 1 aliphatic carbocycles. The van der Waals surface area contributed by atoms with Crippen LogP contribution >= 0.6 is 0 Å². The van der Waals surface area contributed by atoms with E-state index in [0.717, 1.165) is 36.2 Å². The number of rotatable bonds is 5. The van der Waals surface area contributed by atoms with Gasteiger partial charge in [0.05, 0.1) is 24.0 Å². The highest BCUT2D eigenvalue weighted by Gasteiger charge is 2.40. The molecule has 2 atom stereocenters. The zero-order chi connectivity index (χ0) is 24.6. The molecule has 2 amide bonds. The van der Waals surface area contributed by atoms with Crippen molar-refractivity contribution in [1.29, 1.82) is 0 Å². The second kappa shape index (κ2) is 9.33. The minimum atomic E-state index is -4.37. The van der Waals surface area contributed by atoms with Crippen LogP contribution < -0.4 is 10.6 Å². The van der Waals surface area contributed by atoms with Crippen molar-refractivity contribution in [3.05, 3.63) is 77.2 Å². The number of nitrogens with zero attached hydrogens (tertiary/aromatic N) is 3. The lowest BCUT2D eigenvalue weighted by atomic mass is 9.94. The molecule has 1 fully saturated rings. The van der Waals surface area contributed by atoms with Crippen molar-refractivity contribution in [2.75, 3.05) is 25.0 Å². The van der Waals surface area contributed by atoms with Gasteiger partial charge in [-0.25, -0.2) is 13.9 Å². The number of urea groups is 1. The molecule has 2 aliphatic rings. The number of benzene rings is 2.